The first kappa shape index (κ1) is 17.8. The molecule has 0 bridgehead atoms. The minimum atomic E-state index is 0. The summed E-state index contributed by atoms with van der Waals surface area (Å²) in [5.41, 5.74) is 1.09. The number of carbonyl (C=O) groups is 1. The van der Waals surface area contributed by atoms with Gasteiger partial charge in [0.05, 0.1) is 0 Å². The van der Waals surface area contributed by atoms with Gasteiger partial charge in [-0.1, -0.05) is 27.5 Å². The fourth-order valence-electron chi connectivity index (χ4n) is 2.33. The summed E-state index contributed by atoms with van der Waals surface area (Å²) in [6.07, 6.45) is 1.25. The molecule has 0 spiro atoms. The average Bonchev–Trinajstić information content (AvgIpc) is 2.40. The monoisotopic (exact) mass is 380 g/mol. The van der Waals surface area contributed by atoms with Gasteiger partial charge in [-0.3, -0.25) is 4.79 Å². The van der Waals surface area contributed by atoms with Crippen molar-refractivity contribution in [2.75, 3.05) is 19.6 Å². The van der Waals surface area contributed by atoms with E-state index in [0.29, 0.717) is 11.4 Å². The largest absolute Gasteiger partial charge is 0.337 e. The normalized spacial score (nSPS) is 18.6. The van der Waals surface area contributed by atoms with Gasteiger partial charge < -0.3 is 10.2 Å². The number of carbonyl (C=O) groups excluding carboxylic acids is 1. The first-order valence-corrected chi connectivity index (χ1v) is 7.69. The molecule has 112 valence electrons. The molecule has 0 aliphatic carbocycles. The van der Waals surface area contributed by atoms with E-state index >= 15 is 0 Å². The lowest BCUT2D eigenvalue weighted by Gasteiger charge is -2.34. The Bertz CT molecular complexity index is 470. The smallest absolute Gasteiger partial charge is 0.223 e. The van der Waals surface area contributed by atoms with Crippen molar-refractivity contribution in [1.29, 1.82) is 0 Å². The molecule has 1 unspecified atom stereocenters. The van der Waals surface area contributed by atoms with E-state index in [4.69, 9.17) is 11.6 Å². The summed E-state index contributed by atoms with van der Waals surface area (Å²) < 4.78 is 1.01. The molecule has 2 rings (SSSR count). The Balaban J connectivity index is 0.00000200. The molecular weight excluding hydrogens is 363 g/mol. The summed E-state index contributed by atoms with van der Waals surface area (Å²) in [5.74, 6) is 0.223. The van der Waals surface area contributed by atoms with Crippen LogP contribution >= 0.6 is 39.9 Å². The predicted octanol–water partition coefficient (Wildman–Crippen LogP) is 3.28. The molecule has 20 heavy (non-hydrogen) atoms. The molecule has 1 atom stereocenters. The molecule has 1 aromatic carbocycles. The molecule has 1 heterocycles. The Morgan fingerprint density at radius 2 is 2.30 bits per heavy atom. The van der Waals surface area contributed by atoms with Crippen LogP contribution in [0.15, 0.2) is 22.7 Å². The number of amides is 1. The van der Waals surface area contributed by atoms with Crippen LogP contribution in [0.2, 0.25) is 5.02 Å². The summed E-state index contributed by atoms with van der Waals surface area (Å²) in [5, 5.41) is 4.00. The van der Waals surface area contributed by atoms with Crippen molar-refractivity contribution in [2.45, 2.75) is 25.8 Å². The summed E-state index contributed by atoms with van der Waals surface area (Å²) in [4.78, 5) is 14.2. The molecular formula is C14H19BrCl2N2O. The fourth-order valence-corrected chi connectivity index (χ4v) is 2.97. The highest BCUT2D eigenvalue weighted by Crippen LogP contribution is 2.22. The van der Waals surface area contributed by atoms with Crippen molar-refractivity contribution in [3.63, 3.8) is 0 Å². The number of benzene rings is 1. The van der Waals surface area contributed by atoms with E-state index in [1.54, 1.807) is 0 Å². The molecule has 3 nitrogen and oxygen atoms in total. The lowest BCUT2D eigenvalue weighted by atomic mass is 10.1. The van der Waals surface area contributed by atoms with E-state index in [-0.39, 0.29) is 24.4 Å². The summed E-state index contributed by atoms with van der Waals surface area (Å²) in [6.45, 7) is 4.65. The molecule has 1 aliphatic heterocycles. The van der Waals surface area contributed by atoms with Gasteiger partial charge in [0, 0.05) is 41.6 Å². The second kappa shape index (κ2) is 8.23. The van der Waals surface area contributed by atoms with Crippen LogP contribution in [0.25, 0.3) is 0 Å². The standard InChI is InChI=1S/C14H18BrClN2O.ClH/c1-10-9-17-6-7-18(10)14(19)5-2-11-8-12(16)3-4-13(11)15;/h3-4,8,10,17H,2,5-7,9H2,1H3;1H. The predicted molar refractivity (Wildman–Crippen MR) is 88.8 cm³/mol. The average molecular weight is 382 g/mol. The Morgan fingerprint density at radius 3 is 3.00 bits per heavy atom. The van der Waals surface area contributed by atoms with Crippen molar-refractivity contribution in [2.24, 2.45) is 0 Å². The third-order valence-electron chi connectivity index (χ3n) is 3.44. The topological polar surface area (TPSA) is 32.3 Å². The van der Waals surface area contributed by atoms with Crippen LogP contribution in [0.3, 0.4) is 0 Å². The van der Waals surface area contributed by atoms with Crippen molar-refractivity contribution >= 4 is 45.8 Å². The third-order valence-corrected chi connectivity index (χ3v) is 4.45. The van der Waals surface area contributed by atoms with Crippen LogP contribution in [0, 0.1) is 0 Å². The highest BCUT2D eigenvalue weighted by molar-refractivity contribution is 9.10. The lowest BCUT2D eigenvalue weighted by molar-refractivity contribution is -0.133. The van der Waals surface area contributed by atoms with Crippen molar-refractivity contribution in [1.82, 2.24) is 10.2 Å². The number of halogens is 3. The molecule has 1 aromatic rings. The maximum absolute atomic E-state index is 12.2. The first-order chi connectivity index (χ1) is 9.08. The second-order valence-corrected chi connectivity index (χ2v) is 6.17. The van der Waals surface area contributed by atoms with Crippen LogP contribution in [-0.4, -0.2) is 36.5 Å². The van der Waals surface area contributed by atoms with Crippen molar-refractivity contribution in [3.8, 4) is 0 Å². The Kier molecular flexibility index (Phi) is 7.30. The SMILES string of the molecule is CC1CNCCN1C(=O)CCc1cc(Cl)ccc1Br.Cl. The second-order valence-electron chi connectivity index (χ2n) is 4.88. The van der Waals surface area contributed by atoms with Crippen LogP contribution in [0.4, 0.5) is 0 Å². The molecule has 0 aromatic heterocycles. The minimum absolute atomic E-state index is 0. The Labute approximate surface area is 139 Å². The maximum Gasteiger partial charge on any atom is 0.223 e. The van der Waals surface area contributed by atoms with Gasteiger partial charge in [0.15, 0.2) is 0 Å². The van der Waals surface area contributed by atoms with Gasteiger partial charge >= 0.3 is 0 Å². The molecule has 6 heteroatoms. The van der Waals surface area contributed by atoms with E-state index in [1.165, 1.54) is 0 Å². The van der Waals surface area contributed by atoms with Crippen LogP contribution in [0.5, 0.6) is 0 Å². The van der Waals surface area contributed by atoms with Gasteiger partial charge in [-0.25, -0.2) is 0 Å². The number of nitrogens with one attached hydrogen (secondary N) is 1. The zero-order chi connectivity index (χ0) is 13.8. The fraction of sp³-hybridized carbons (Fsp3) is 0.500. The van der Waals surface area contributed by atoms with Gasteiger partial charge in [0.2, 0.25) is 5.91 Å². The van der Waals surface area contributed by atoms with Gasteiger partial charge in [-0.2, -0.15) is 0 Å². The molecule has 1 N–H and O–H groups in total. The van der Waals surface area contributed by atoms with E-state index in [1.807, 2.05) is 23.1 Å². The number of hydrogen-bond acceptors (Lipinski definition) is 2. The maximum atomic E-state index is 12.2. The molecule has 0 radical (unpaired) electrons. The highest BCUT2D eigenvalue weighted by Gasteiger charge is 2.22. The van der Waals surface area contributed by atoms with E-state index < -0.39 is 0 Å². The minimum Gasteiger partial charge on any atom is -0.337 e. The van der Waals surface area contributed by atoms with Crippen molar-refractivity contribution < 1.29 is 4.79 Å². The molecule has 1 saturated heterocycles. The number of nitrogens with zero attached hydrogens (tertiary/aromatic N) is 1. The number of rotatable bonds is 3. The Hall–Kier alpha value is -0.290. The van der Waals surface area contributed by atoms with Crippen LogP contribution in [0.1, 0.15) is 18.9 Å². The van der Waals surface area contributed by atoms with Gasteiger partial charge in [-0.05, 0) is 37.1 Å². The number of aryl methyl sites for hydroxylation is 1. The summed E-state index contributed by atoms with van der Waals surface area (Å²) in [7, 11) is 0. The molecule has 1 amide bonds. The zero-order valence-electron chi connectivity index (χ0n) is 11.4. The first-order valence-electron chi connectivity index (χ1n) is 6.52. The van der Waals surface area contributed by atoms with E-state index in [0.717, 1.165) is 36.1 Å². The summed E-state index contributed by atoms with van der Waals surface area (Å²) >= 11 is 9.47. The molecule has 0 saturated carbocycles. The summed E-state index contributed by atoms with van der Waals surface area (Å²) in [6, 6.07) is 5.97. The third kappa shape index (κ3) is 4.62. The number of hydrogen-bond donors (Lipinski definition) is 1. The molecule has 1 fully saturated rings. The van der Waals surface area contributed by atoms with E-state index in [2.05, 4.69) is 28.2 Å². The quantitative estimate of drug-likeness (QED) is 0.871. The zero-order valence-corrected chi connectivity index (χ0v) is 14.5. The van der Waals surface area contributed by atoms with Crippen LogP contribution in [-0.2, 0) is 11.2 Å². The van der Waals surface area contributed by atoms with Crippen molar-refractivity contribution in [3.05, 3.63) is 33.3 Å². The Morgan fingerprint density at radius 1 is 1.55 bits per heavy atom. The van der Waals surface area contributed by atoms with Gasteiger partial charge in [0.25, 0.3) is 0 Å². The lowest BCUT2D eigenvalue weighted by Crippen LogP contribution is -2.52. The van der Waals surface area contributed by atoms with Crippen LogP contribution < -0.4 is 5.32 Å². The van der Waals surface area contributed by atoms with E-state index in [9.17, 15) is 4.79 Å². The van der Waals surface area contributed by atoms with Gasteiger partial charge in [0.1, 0.15) is 0 Å². The highest BCUT2D eigenvalue weighted by atomic mass is 79.9. The van der Waals surface area contributed by atoms with Gasteiger partial charge in [-0.15, -0.1) is 12.4 Å². The molecule has 1 aliphatic rings. The number of piperazine rings is 1.